The zero-order valence-electron chi connectivity index (χ0n) is 24.5. The van der Waals surface area contributed by atoms with E-state index < -0.39 is 9.84 Å². The molecular weight excluding hydrogens is 524 g/mol. The Morgan fingerprint density at radius 1 is 0.850 bits per heavy atom. The normalized spacial score (nSPS) is 14.1. The lowest BCUT2D eigenvalue weighted by atomic mass is 9.97. The number of carbonyl (C=O) groups is 2. The number of amides is 1. The largest absolute Gasteiger partial charge is 0.462 e. The van der Waals surface area contributed by atoms with Gasteiger partial charge in [-0.25, -0.2) is 13.2 Å². The van der Waals surface area contributed by atoms with Crippen LogP contribution in [0.3, 0.4) is 0 Å². The maximum atomic E-state index is 12.8. The van der Waals surface area contributed by atoms with Crippen molar-refractivity contribution >= 4 is 27.4 Å². The van der Waals surface area contributed by atoms with Gasteiger partial charge in [0.2, 0.25) is 0 Å². The van der Waals surface area contributed by atoms with Crippen molar-refractivity contribution in [2.45, 2.75) is 48.1 Å². The molecule has 8 heteroatoms. The van der Waals surface area contributed by atoms with Crippen molar-refractivity contribution < 1.29 is 22.7 Å². The van der Waals surface area contributed by atoms with Gasteiger partial charge in [-0.3, -0.25) is 9.69 Å². The first kappa shape index (κ1) is 32.7. The fraction of sp³-hybridized carbons (Fsp3) is 0.375. The van der Waals surface area contributed by atoms with Crippen LogP contribution in [-0.2, 0) is 21.1 Å². The Labute approximate surface area is 239 Å². The van der Waals surface area contributed by atoms with Gasteiger partial charge in [-0.2, -0.15) is 0 Å². The Hall–Kier alpha value is -3.49. The maximum absolute atomic E-state index is 12.8. The molecular formula is C32H42N2O5S. The van der Waals surface area contributed by atoms with Gasteiger partial charge in [0, 0.05) is 30.9 Å². The number of esters is 1. The van der Waals surface area contributed by atoms with Gasteiger partial charge >= 0.3 is 5.97 Å². The van der Waals surface area contributed by atoms with Gasteiger partial charge < -0.3 is 10.1 Å². The van der Waals surface area contributed by atoms with Crippen molar-refractivity contribution in [2.24, 2.45) is 0 Å². The molecule has 0 saturated carbocycles. The Morgan fingerprint density at radius 3 is 2.00 bits per heavy atom. The number of carbonyl (C=O) groups excluding carboxylic acids is 2. The minimum absolute atomic E-state index is 0.205. The van der Waals surface area contributed by atoms with Crippen molar-refractivity contribution in [3.63, 3.8) is 0 Å². The molecule has 40 heavy (non-hydrogen) atoms. The van der Waals surface area contributed by atoms with E-state index in [0.717, 1.165) is 22.3 Å². The summed E-state index contributed by atoms with van der Waals surface area (Å²) in [5.41, 5.74) is 5.61. The first-order valence-corrected chi connectivity index (χ1v) is 15.8. The fourth-order valence-corrected chi connectivity index (χ4v) is 5.42. The van der Waals surface area contributed by atoms with Gasteiger partial charge in [-0.1, -0.05) is 58.0 Å². The fourth-order valence-electron chi connectivity index (χ4n) is 4.14. The monoisotopic (exact) mass is 566 g/mol. The number of rotatable bonds is 7. The highest BCUT2D eigenvalue weighted by molar-refractivity contribution is 7.91. The molecule has 4 rings (SSSR count). The predicted octanol–water partition coefficient (Wildman–Crippen LogP) is 6.37. The lowest BCUT2D eigenvalue weighted by Crippen LogP contribution is -2.39. The molecule has 0 aromatic heterocycles. The third-order valence-electron chi connectivity index (χ3n) is 6.26. The van der Waals surface area contributed by atoms with E-state index in [1.54, 1.807) is 25.1 Å². The molecule has 216 valence electrons. The van der Waals surface area contributed by atoms with E-state index in [9.17, 15) is 18.0 Å². The van der Waals surface area contributed by atoms with E-state index >= 15 is 0 Å². The molecule has 3 aromatic rings. The first-order chi connectivity index (χ1) is 19.2. The second-order valence-electron chi connectivity index (χ2n) is 8.91. The summed E-state index contributed by atoms with van der Waals surface area (Å²) < 4.78 is 28.3. The highest BCUT2D eigenvalue weighted by Gasteiger charge is 2.21. The number of ether oxygens (including phenoxy) is 1. The number of hydrogen-bond donors (Lipinski definition) is 1. The van der Waals surface area contributed by atoms with Crippen molar-refractivity contribution in [3.8, 4) is 11.1 Å². The molecule has 1 fully saturated rings. The SMILES string of the molecule is CC.CC.CCOC(=O)c1ccc(C)c(-c2ccc(C(=O)Nc3ccc(CN4CCS(=O)(=O)CC4)cc3)cc2)c1. The van der Waals surface area contributed by atoms with Crippen LogP contribution in [0.4, 0.5) is 5.69 Å². The van der Waals surface area contributed by atoms with E-state index in [0.29, 0.717) is 43.1 Å². The second-order valence-corrected chi connectivity index (χ2v) is 11.2. The van der Waals surface area contributed by atoms with Crippen LogP contribution in [0.1, 0.15) is 66.5 Å². The third kappa shape index (κ3) is 9.31. The van der Waals surface area contributed by atoms with Crippen LogP contribution < -0.4 is 5.32 Å². The Kier molecular flexibility index (Phi) is 13.0. The molecule has 1 saturated heterocycles. The first-order valence-electron chi connectivity index (χ1n) is 14.0. The molecule has 0 aliphatic carbocycles. The summed E-state index contributed by atoms with van der Waals surface area (Å²) >= 11 is 0. The van der Waals surface area contributed by atoms with E-state index in [1.807, 2.05) is 83.1 Å². The molecule has 1 N–H and O–H groups in total. The quantitative estimate of drug-likeness (QED) is 0.334. The lowest BCUT2D eigenvalue weighted by molar-refractivity contribution is 0.0526. The summed E-state index contributed by atoms with van der Waals surface area (Å²) in [6, 6.07) is 20.3. The molecule has 1 heterocycles. The number of aryl methyl sites for hydroxylation is 1. The van der Waals surface area contributed by atoms with Gasteiger partial charge in [-0.05, 0) is 72.5 Å². The number of nitrogens with zero attached hydrogens (tertiary/aromatic N) is 1. The lowest BCUT2D eigenvalue weighted by Gasteiger charge is -2.26. The average Bonchev–Trinajstić information content (AvgIpc) is 2.98. The highest BCUT2D eigenvalue weighted by atomic mass is 32.2. The van der Waals surface area contributed by atoms with Crippen molar-refractivity contribution in [1.29, 1.82) is 0 Å². The molecule has 1 aliphatic heterocycles. The molecule has 0 atom stereocenters. The zero-order valence-corrected chi connectivity index (χ0v) is 25.3. The highest BCUT2D eigenvalue weighted by Crippen LogP contribution is 2.26. The second kappa shape index (κ2) is 15.9. The minimum Gasteiger partial charge on any atom is -0.462 e. The third-order valence-corrected chi connectivity index (χ3v) is 7.87. The summed E-state index contributed by atoms with van der Waals surface area (Å²) in [7, 11) is -2.89. The van der Waals surface area contributed by atoms with Crippen LogP contribution >= 0.6 is 0 Å². The topological polar surface area (TPSA) is 92.8 Å². The number of nitrogens with one attached hydrogen (secondary N) is 1. The summed E-state index contributed by atoms with van der Waals surface area (Å²) in [6.07, 6.45) is 0. The van der Waals surface area contributed by atoms with Crippen molar-refractivity contribution in [1.82, 2.24) is 4.90 Å². The smallest absolute Gasteiger partial charge is 0.338 e. The predicted molar refractivity (Wildman–Crippen MR) is 164 cm³/mol. The molecule has 1 amide bonds. The molecule has 0 bridgehead atoms. The minimum atomic E-state index is -2.89. The Balaban J connectivity index is 0.00000134. The molecule has 1 aliphatic rings. The van der Waals surface area contributed by atoms with Crippen molar-refractivity contribution in [3.05, 3.63) is 89.0 Å². The summed E-state index contributed by atoms with van der Waals surface area (Å²) in [6.45, 7) is 13.8. The van der Waals surface area contributed by atoms with Gasteiger partial charge in [0.05, 0.1) is 23.7 Å². The summed E-state index contributed by atoms with van der Waals surface area (Å²) in [5, 5.41) is 2.92. The molecule has 0 spiro atoms. The van der Waals surface area contributed by atoms with Crippen LogP contribution in [0.2, 0.25) is 0 Å². The molecule has 0 unspecified atom stereocenters. The van der Waals surface area contributed by atoms with Gasteiger partial charge in [0.1, 0.15) is 0 Å². The number of hydrogen-bond acceptors (Lipinski definition) is 6. The van der Waals surface area contributed by atoms with Gasteiger partial charge in [-0.15, -0.1) is 0 Å². The Morgan fingerprint density at radius 2 is 1.43 bits per heavy atom. The Bertz CT molecular complexity index is 1340. The van der Waals surface area contributed by atoms with E-state index in [2.05, 4.69) is 10.2 Å². The number of benzene rings is 3. The van der Waals surface area contributed by atoms with Crippen molar-refractivity contribution in [2.75, 3.05) is 36.5 Å². The zero-order chi connectivity index (χ0) is 29.7. The van der Waals surface area contributed by atoms with Crippen LogP contribution in [0, 0.1) is 6.92 Å². The maximum Gasteiger partial charge on any atom is 0.338 e. The summed E-state index contributed by atoms with van der Waals surface area (Å²) in [4.78, 5) is 27.0. The van der Waals surface area contributed by atoms with Gasteiger partial charge in [0.25, 0.3) is 5.91 Å². The van der Waals surface area contributed by atoms with Crippen LogP contribution in [0.25, 0.3) is 11.1 Å². The van der Waals surface area contributed by atoms with Crippen LogP contribution in [-0.4, -0.2) is 56.4 Å². The molecule has 7 nitrogen and oxygen atoms in total. The van der Waals surface area contributed by atoms with Crippen LogP contribution in [0.15, 0.2) is 66.7 Å². The van der Waals surface area contributed by atoms with Crippen LogP contribution in [0.5, 0.6) is 0 Å². The van der Waals surface area contributed by atoms with E-state index in [1.165, 1.54) is 0 Å². The number of anilines is 1. The number of sulfone groups is 1. The molecule has 0 radical (unpaired) electrons. The standard InChI is InChI=1S/C28H30N2O5S.2C2H6/c1-3-35-28(32)24-7-4-20(2)26(18-24)22-8-10-23(11-9-22)27(31)29-25-12-5-21(6-13-25)19-30-14-16-36(33,34)17-15-30;2*1-2/h4-13,18H,3,14-17,19H2,1-2H3,(H,29,31);2*1-2H3. The molecule has 3 aromatic carbocycles. The average molecular weight is 567 g/mol. The van der Waals surface area contributed by atoms with E-state index in [-0.39, 0.29) is 23.4 Å². The van der Waals surface area contributed by atoms with Gasteiger partial charge in [0.15, 0.2) is 9.84 Å². The van der Waals surface area contributed by atoms with E-state index in [4.69, 9.17) is 4.74 Å². The summed E-state index contributed by atoms with van der Waals surface area (Å²) in [5.74, 6) is -0.163.